The molecule has 6 heteroatoms. The number of carbonyl (C=O) groups excluding carboxylic acids is 1. The molecule has 0 spiro atoms. The zero-order valence-corrected chi connectivity index (χ0v) is 8.00. The first-order chi connectivity index (χ1) is 5.92. The number of halogens is 3. The second kappa shape index (κ2) is 6.12. The number of hydrogen-bond donors (Lipinski definition) is 0. The van der Waals surface area contributed by atoms with Crippen LogP contribution in [0.2, 0.25) is 0 Å². The van der Waals surface area contributed by atoms with Crippen molar-refractivity contribution < 1.29 is 22.7 Å². The fourth-order valence-corrected chi connectivity index (χ4v) is 1.27. The Labute approximate surface area is 78.8 Å². The Bertz CT molecular complexity index is 158. The van der Waals surface area contributed by atoms with Crippen molar-refractivity contribution in [2.24, 2.45) is 0 Å². The van der Waals surface area contributed by atoms with Crippen molar-refractivity contribution >= 4 is 17.7 Å². The van der Waals surface area contributed by atoms with Crippen molar-refractivity contribution in [3.8, 4) is 0 Å². The molecule has 0 unspecified atom stereocenters. The third-order valence-corrected chi connectivity index (χ3v) is 1.96. The van der Waals surface area contributed by atoms with E-state index in [0.29, 0.717) is 5.75 Å². The standard InChI is InChI=1S/C7H11F3O2S/c1-6(11)12-5-13-4-2-3-7(8,9)10/h2-5H2,1H3. The molecule has 0 atom stereocenters. The van der Waals surface area contributed by atoms with E-state index in [1.165, 1.54) is 18.7 Å². The SMILES string of the molecule is CC(=O)OCSCCCC(F)(F)F. The molecule has 0 aliphatic carbocycles. The van der Waals surface area contributed by atoms with Gasteiger partial charge < -0.3 is 4.74 Å². The average molecular weight is 216 g/mol. The highest BCUT2D eigenvalue weighted by Gasteiger charge is 2.25. The van der Waals surface area contributed by atoms with Crippen LogP contribution in [0.25, 0.3) is 0 Å². The lowest BCUT2D eigenvalue weighted by Crippen LogP contribution is -2.07. The highest BCUT2D eigenvalue weighted by molar-refractivity contribution is 7.99. The van der Waals surface area contributed by atoms with Crippen molar-refractivity contribution in [2.45, 2.75) is 25.9 Å². The number of esters is 1. The summed E-state index contributed by atoms with van der Waals surface area (Å²) in [7, 11) is 0. The molecule has 0 aromatic rings. The Morgan fingerprint density at radius 1 is 1.46 bits per heavy atom. The van der Waals surface area contributed by atoms with E-state index in [1.807, 2.05) is 0 Å². The van der Waals surface area contributed by atoms with Crippen molar-refractivity contribution in [1.82, 2.24) is 0 Å². The predicted octanol–water partition coefficient (Wildman–Crippen LogP) is 2.58. The first kappa shape index (κ1) is 12.6. The van der Waals surface area contributed by atoms with Gasteiger partial charge >= 0.3 is 12.1 Å². The maximum Gasteiger partial charge on any atom is 0.389 e. The Kier molecular flexibility index (Phi) is 5.94. The molecule has 78 valence electrons. The third-order valence-electron chi connectivity index (χ3n) is 1.09. The molecule has 0 aromatic heterocycles. The van der Waals surface area contributed by atoms with Gasteiger partial charge in [0.05, 0.1) is 0 Å². The fourth-order valence-electron chi connectivity index (χ4n) is 0.558. The lowest BCUT2D eigenvalue weighted by molar-refractivity contribution is -0.139. The summed E-state index contributed by atoms with van der Waals surface area (Å²) in [5, 5.41) is 0. The van der Waals surface area contributed by atoms with E-state index in [2.05, 4.69) is 4.74 Å². The zero-order valence-electron chi connectivity index (χ0n) is 7.19. The predicted molar refractivity (Wildman–Crippen MR) is 44.4 cm³/mol. The number of thioether (sulfide) groups is 1. The Balaban J connectivity index is 3.13. The third kappa shape index (κ3) is 11.6. The van der Waals surface area contributed by atoms with Crippen molar-refractivity contribution in [2.75, 3.05) is 11.7 Å². The molecule has 0 saturated carbocycles. The van der Waals surface area contributed by atoms with Gasteiger partial charge in [0, 0.05) is 13.3 Å². The first-order valence-electron chi connectivity index (χ1n) is 3.69. The molecule has 0 N–H and O–H groups in total. The monoisotopic (exact) mass is 216 g/mol. The number of hydrogen-bond acceptors (Lipinski definition) is 3. The molecular weight excluding hydrogens is 205 g/mol. The molecule has 0 rings (SSSR count). The quantitative estimate of drug-likeness (QED) is 0.401. The van der Waals surface area contributed by atoms with Crippen LogP contribution in [0, 0.1) is 0 Å². The first-order valence-corrected chi connectivity index (χ1v) is 4.85. The molecule has 0 aliphatic rings. The van der Waals surface area contributed by atoms with Gasteiger partial charge in [-0.3, -0.25) is 4.79 Å². The Morgan fingerprint density at radius 3 is 2.54 bits per heavy atom. The van der Waals surface area contributed by atoms with Crippen LogP contribution >= 0.6 is 11.8 Å². The van der Waals surface area contributed by atoms with Gasteiger partial charge in [0.1, 0.15) is 5.94 Å². The largest absolute Gasteiger partial charge is 0.455 e. The van der Waals surface area contributed by atoms with E-state index in [4.69, 9.17) is 0 Å². The van der Waals surface area contributed by atoms with E-state index in [9.17, 15) is 18.0 Å². The van der Waals surface area contributed by atoms with Gasteiger partial charge in [-0.05, 0) is 12.2 Å². The molecule has 0 radical (unpaired) electrons. The molecule has 0 aromatic carbocycles. The van der Waals surface area contributed by atoms with Crippen LogP contribution in [-0.4, -0.2) is 23.8 Å². The summed E-state index contributed by atoms with van der Waals surface area (Å²) in [6.45, 7) is 1.26. The van der Waals surface area contributed by atoms with E-state index in [1.54, 1.807) is 0 Å². The summed E-state index contributed by atoms with van der Waals surface area (Å²) >= 11 is 1.18. The minimum atomic E-state index is -4.08. The smallest absolute Gasteiger partial charge is 0.389 e. The van der Waals surface area contributed by atoms with Crippen molar-refractivity contribution in [3.63, 3.8) is 0 Å². The highest BCUT2D eigenvalue weighted by atomic mass is 32.2. The maximum absolute atomic E-state index is 11.6. The lowest BCUT2D eigenvalue weighted by atomic mass is 10.3. The molecule has 0 aliphatic heterocycles. The van der Waals surface area contributed by atoms with Gasteiger partial charge in [0.2, 0.25) is 0 Å². The molecule has 13 heavy (non-hydrogen) atoms. The summed E-state index contributed by atoms with van der Waals surface area (Å²) in [6, 6.07) is 0. The number of carbonyl (C=O) groups is 1. The van der Waals surface area contributed by atoms with Gasteiger partial charge in [-0.25, -0.2) is 0 Å². The van der Waals surface area contributed by atoms with Crippen LogP contribution in [0.1, 0.15) is 19.8 Å². The molecular formula is C7H11F3O2S. The van der Waals surface area contributed by atoms with Crippen molar-refractivity contribution in [1.29, 1.82) is 0 Å². The molecule has 0 amide bonds. The lowest BCUT2D eigenvalue weighted by Gasteiger charge is -2.05. The Hall–Kier alpha value is -0.390. The summed E-state index contributed by atoms with van der Waals surface area (Å²) in [5.74, 6) is 0.0725. The summed E-state index contributed by atoms with van der Waals surface area (Å²) in [4.78, 5) is 10.2. The molecule has 0 heterocycles. The second-order valence-corrected chi connectivity index (χ2v) is 3.43. The number of rotatable bonds is 5. The van der Waals surface area contributed by atoms with Gasteiger partial charge in [0.15, 0.2) is 0 Å². The Morgan fingerprint density at radius 2 is 2.08 bits per heavy atom. The van der Waals surface area contributed by atoms with Gasteiger partial charge in [-0.15, -0.1) is 11.8 Å². The van der Waals surface area contributed by atoms with Gasteiger partial charge in [-0.2, -0.15) is 13.2 Å². The number of alkyl halides is 3. The maximum atomic E-state index is 11.6. The van der Waals surface area contributed by atoms with Crippen molar-refractivity contribution in [3.05, 3.63) is 0 Å². The summed E-state index contributed by atoms with van der Waals surface area (Å²) in [6.07, 6.45) is -4.79. The fraction of sp³-hybridized carbons (Fsp3) is 0.857. The van der Waals surface area contributed by atoms with E-state index in [0.717, 1.165) is 0 Å². The van der Waals surface area contributed by atoms with Gasteiger partial charge in [-0.1, -0.05) is 0 Å². The summed E-state index contributed by atoms with van der Waals surface area (Å²) in [5.41, 5.74) is 0. The molecule has 0 bridgehead atoms. The minimum Gasteiger partial charge on any atom is -0.455 e. The van der Waals surface area contributed by atoms with Crippen LogP contribution in [-0.2, 0) is 9.53 Å². The van der Waals surface area contributed by atoms with E-state index >= 15 is 0 Å². The second-order valence-electron chi connectivity index (χ2n) is 2.38. The summed E-state index contributed by atoms with van der Waals surface area (Å²) < 4.78 is 39.3. The average Bonchev–Trinajstić information content (AvgIpc) is 1.93. The van der Waals surface area contributed by atoms with E-state index < -0.39 is 18.6 Å². The molecule has 0 saturated heterocycles. The van der Waals surface area contributed by atoms with Gasteiger partial charge in [0.25, 0.3) is 0 Å². The number of ether oxygens (including phenoxy) is 1. The normalized spacial score (nSPS) is 11.4. The van der Waals surface area contributed by atoms with E-state index in [-0.39, 0.29) is 12.4 Å². The van der Waals surface area contributed by atoms with Crippen LogP contribution in [0.15, 0.2) is 0 Å². The van der Waals surface area contributed by atoms with Crippen LogP contribution in [0.5, 0.6) is 0 Å². The highest BCUT2D eigenvalue weighted by Crippen LogP contribution is 2.22. The molecule has 0 fully saturated rings. The minimum absolute atomic E-state index is 0.0649. The topological polar surface area (TPSA) is 26.3 Å². The van der Waals surface area contributed by atoms with Crippen LogP contribution in [0.3, 0.4) is 0 Å². The van der Waals surface area contributed by atoms with Crippen LogP contribution in [0.4, 0.5) is 13.2 Å². The van der Waals surface area contributed by atoms with Crippen LogP contribution < -0.4 is 0 Å². The molecule has 2 nitrogen and oxygen atoms in total. The zero-order chi connectivity index (χ0) is 10.3.